The van der Waals surface area contributed by atoms with E-state index in [1.165, 1.54) is 7.11 Å². The van der Waals surface area contributed by atoms with Gasteiger partial charge in [0.05, 0.1) is 13.7 Å². The number of nitrogens with zero attached hydrogens (tertiary/aromatic N) is 1. The fourth-order valence-corrected chi connectivity index (χ4v) is 2.60. The molecule has 2 rings (SSSR count). The molecule has 29 heavy (non-hydrogen) atoms. The number of hydrogen-bond acceptors (Lipinski definition) is 5. The molecule has 0 aliphatic rings. The van der Waals surface area contributed by atoms with Crippen LogP contribution >= 0.6 is 0 Å². The second-order valence-corrected chi connectivity index (χ2v) is 7.68. The van der Waals surface area contributed by atoms with Gasteiger partial charge in [-0.15, -0.1) is 0 Å². The maximum Gasteiger partial charge on any atom is 0.290 e. The number of nitrogens with one attached hydrogen (secondary N) is 3. The molecule has 2 aromatic rings. The van der Waals surface area contributed by atoms with Crippen LogP contribution in [0, 0.1) is 11.8 Å². The number of carbonyl (C=O) groups excluding carboxylic acids is 2. The first-order chi connectivity index (χ1) is 13.8. The molecule has 158 valence electrons. The Morgan fingerprint density at radius 2 is 1.76 bits per heavy atom. The average Bonchev–Trinajstić information content (AvgIpc) is 3.13. The van der Waals surface area contributed by atoms with Crippen LogP contribution in [0.1, 0.15) is 60.7 Å². The van der Waals surface area contributed by atoms with Crippen molar-refractivity contribution in [1.82, 2.24) is 21.0 Å². The van der Waals surface area contributed by atoms with Crippen molar-refractivity contribution in [2.24, 2.45) is 11.8 Å². The molecule has 8 heteroatoms. The molecule has 0 aliphatic carbocycles. The predicted molar refractivity (Wildman–Crippen MR) is 110 cm³/mol. The van der Waals surface area contributed by atoms with E-state index in [2.05, 4.69) is 48.7 Å². The predicted octanol–water partition coefficient (Wildman–Crippen LogP) is 3.12. The highest BCUT2D eigenvalue weighted by Gasteiger charge is 2.15. The van der Waals surface area contributed by atoms with E-state index >= 15 is 0 Å². The molecule has 0 radical (unpaired) electrons. The van der Waals surface area contributed by atoms with Crippen molar-refractivity contribution < 1.29 is 19.1 Å². The minimum absolute atomic E-state index is 0.215. The van der Waals surface area contributed by atoms with Crippen molar-refractivity contribution in [3.05, 3.63) is 41.2 Å². The molecule has 0 bridgehead atoms. The van der Waals surface area contributed by atoms with Gasteiger partial charge in [0.25, 0.3) is 11.8 Å². The highest BCUT2D eigenvalue weighted by molar-refractivity contribution is 5.98. The SMILES string of the molecule is COc1cc(C(=O)NNC(=O)c2cc(CC(C)C)[nH]n2)ccc1OCCC(C)C. The Labute approximate surface area is 171 Å². The lowest BCUT2D eigenvalue weighted by Gasteiger charge is -2.13. The van der Waals surface area contributed by atoms with Crippen LogP contribution in [-0.2, 0) is 6.42 Å². The molecule has 3 N–H and O–H groups in total. The number of methoxy groups -OCH3 is 1. The van der Waals surface area contributed by atoms with Crippen molar-refractivity contribution in [3.63, 3.8) is 0 Å². The first-order valence-corrected chi connectivity index (χ1v) is 9.76. The largest absolute Gasteiger partial charge is 0.493 e. The molecule has 0 fully saturated rings. The molecular formula is C21H30N4O4. The minimum Gasteiger partial charge on any atom is -0.493 e. The van der Waals surface area contributed by atoms with Crippen LogP contribution in [0.3, 0.4) is 0 Å². The third-order valence-corrected chi connectivity index (χ3v) is 4.16. The molecule has 0 atom stereocenters. The van der Waals surface area contributed by atoms with Gasteiger partial charge in [-0.2, -0.15) is 5.10 Å². The third-order valence-electron chi connectivity index (χ3n) is 4.16. The van der Waals surface area contributed by atoms with Gasteiger partial charge in [-0.05, 0) is 48.9 Å². The summed E-state index contributed by atoms with van der Waals surface area (Å²) in [6.45, 7) is 8.97. The summed E-state index contributed by atoms with van der Waals surface area (Å²) in [5.41, 5.74) is 6.18. The van der Waals surface area contributed by atoms with Crippen molar-refractivity contribution in [2.45, 2.75) is 40.5 Å². The zero-order valence-corrected chi connectivity index (χ0v) is 17.7. The van der Waals surface area contributed by atoms with Gasteiger partial charge in [0.1, 0.15) is 0 Å². The van der Waals surface area contributed by atoms with E-state index in [0.717, 1.165) is 18.5 Å². The monoisotopic (exact) mass is 402 g/mol. The first kappa shape index (κ1) is 22.3. The lowest BCUT2D eigenvalue weighted by Crippen LogP contribution is -2.41. The molecule has 2 amide bonds. The summed E-state index contributed by atoms with van der Waals surface area (Å²) in [5.74, 6) is 1.04. The molecule has 0 aliphatic heterocycles. The van der Waals surface area contributed by atoms with E-state index in [1.807, 2.05) is 0 Å². The lowest BCUT2D eigenvalue weighted by atomic mass is 10.1. The quantitative estimate of drug-likeness (QED) is 0.559. The fourth-order valence-electron chi connectivity index (χ4n) is 2.60. The normalized spacial score (nSPS) is 10.9. The van der Waals surface area contributed by atoms with Gasteiger partial charge in [-0.25, -0.2) is 0 Å². The standard InChI is InChI=1S/C21H30N4O4/c1-13(2)8-9-29-18-7-6-15(11-19(18)28-5)20(26)24-25-21(27)17-12-16(22-23-17)10-14(3)4/h6-7,11-14H,8-10H2,1-5H3,(H,22,23)(H,24,26)(H,25,27). The first-order valence-electron chi connectivity index (χ1n) is 9.76. The molecule has 0 saturated heterocycles. The molecule has 1 aromatic heterocycles. The lowest BCUT2D eigenvalue weighted by molar-refractivity contribution is 0.0843. The number of ether oxygens (including phenoxy) is 2. The molecule has 1 aromatic carbocycles. The van der Waals surface area contributed by atoms with E-state index < -0.39 is 11.8 Å². The Balaban J connectivity index is 1.94. The molecule has 8 nitrogen and oxygen atoms in total. The number of amides is 2. The zero-order chi connectivity index (χ0) is 21.4. The molecule has 1 heterocycles. The summed E-state index contributed by atoms with van der Waals surface area (Å²) < 4.78 is 11.0. The Bertz CT molecular complexity index is 830. The van der Waals surface area contributed by atoms with E-state index in [9.17, 15) is 9.59 Å². The van der Waals surface area contributed by atoms with Gasteiger partial charge in [0.15, 0.2) is 17.2 Å². The Hall–Kier alpha value is -3.03. The van der Waals surface area contributed by atoms with Crippen LogP contribution in [0.4, 0.5) is 0 Å². The number of aromatic nitrogens is 2. The van der Waals surface area contributed by atoms with Crippen molar-refractivity contribution >= 4 is 11.8 Å². The number of hydrogen-bond donors (Lipinski definition) is 3. The number of benzene rings is 1. The van der Waals surface area contributed by atoms with E-state index in [4.69, 9.17) is 9.47 Å². The summed E-state index contributed by atoms with van der Waals surface area (Å²) in [6, 6.07) is 6.54. The van der Waals surface area contributed by atoms with Crippen LogP contribution in [0.25, 0.3) is 0 Å². The van der Waals surface area contributed by atoms with Crippen LogP contribution in [0.5, 0.6) is 11.5 Å². The van der Waals surface area contributed by atoms with E-state index in [-0.39, 0.29) is 5.69 Å². The van der Waals surface area contributed by atoms with Crippen LogP contribution < -0.4 is 20.3 Å². The van der Waals surface area contributed by atoms with E-state index in [1.54, 1.807) is 24.3 Å². The number of rotatable bonds is 9. The second kappa shape index (κ2) is 10.5. The van der Waals surface area contributed by atoms with Crippen LogP contribution in [0.2, 0.25) is 0 Å². The smallest absolute Gasteiger partial charge is 0.290 e. The minimum atomic E-state index is -0.495. The summed E-state index contributed by atoms with van der Waals surface area (Å²) >= 11 is 0. The number of H-pyrrole nitrogens is 1. The van der Waals surface area contributed by atoms with E-state index in [0.29, 0.717) is 35.5 Å². The van der Waals surface area contributed by atoms with Gasteiger partial charge in [0.2, 0.25) is 0 Å². The highest BCUT2D eigenvalue weighted by Crippen LogP contribution is 2.28. The summed E-state index contributed by atoms with van der Waals surface area (Å²) in [6.07, 6.45) is 1.71. The zero-order valence-electron chi connectivity index (χ0n) is 17.7. The van der Waals surface area contributed by atoms with Gasteiger partial charge in [-0.1, -0.05) is 27.7 Å². The Morgan fingerprint density at radius 3 is 2.41 bits per heavy atom. The molecule has 0 spiro atoms. The number of aromatic amines is 1. The molecule has 0 saturated carbocycles. The fraction of sp³-hybridized carbons (Fsp3) is 0.476. The van der Waals surface area contributed by atoms with Gasteiger partial charge >= 0.3 is 0 Å². The third kappa shape index (κ3) is 6.81. The summed E-state index contributed by atoms with van der Waals surface area (Å²) in [5, 5.41) is 6.80. The van der Waals surface area contributed by atoms with Crippen molar-refractivity contribution in [1.29, 1.82) is 0 Å². The Kier molecular flexibility index (Phi) is 8.06. The van der Waals surface area contributed by atoms with Gasteiger partial charge < -0.3 is 9.47 Å². The Morgan fingerprint density at radius 1 is 1.03 bits per heavy atom. The highest BCUT2D eigenvalue weighted by atomic mass is 16.5. The van der Waals surface area contributed by atoms with Gasteiger partial charge in [-0.3, -0.25) is 25.5 Å². The number of hydrazine groups is 1. The molecular weight excluding hydrogens is 372 g/mol. The van der Waals surface area contributed by atoms with Gasteiger partial charge in [0, 0.05) is 11.3 Å². The van der Waals surface area contributed by atoms with Crippen LogP contribution in [-0.4, -0.2) is 35.7 Å². The van der Waals surface area contributed by atoms with Crippen molar-refractivity contribution in [2.75, 3.05) is 13.7 Å². The van der Waals surface area contributed by atoms with Crippen molar-refractivity contribution in [3.8, 4) is 11.5 Å². The summed E-state index contributed by atoms with van der Waals surface area (Å²) in [4.78, 5) is 24.5. The number of carbonyl (C=O) groups is 2. The molecule has 0 unspecified atom stereocenters. The topological polar surface area (TPSA) is 105 Å². The maximum atomic E-state index is 12.4. The second-order valence-electron chi connectivity index (χ2n) is 7.68. The maximum absolute atomic E-state index is 12.4. The summed E-state index contributed by atoms with van der Waals surface area (Å²) in [7, 11) is 1.51. The van der Waals surface area contributed by atoms with Crippen LogP contribution in [0.15, 0.2) is 24.3 Å². The average molecular weight is 402 g/mol.